The maximum absolute atomic E-state index is 13.1. The van der Waals surface area contributed by atoms with Crippen molar-refractivity contribution in [2.24, 2.45) is 14.1 Å². The molecule has 3 atom stereocenters. The summed E-state index contributed by atoms with van der Waals surface area (Å²) in [4.78, 5) is 30.6. The van der Waals surface area contributed by atoms with Crippen LogP contribution >= 0.6 is 11.6 Å². The Bertz CT molecular complexity index is 2180. The zero-order valence-electron chi connectivity index (χ0n) is 27.1. The van der Waals surface area contributed by atoms with Gasteiger partial charge in [0.15, 0.2) is 5.82 Å². The van der Waals surface area contributed by atoms with Crippen LogP contribution in [0.3, 0.4) is 0 Å². The standard InChI is InChI=1S/C35H36ClN7O5/c1-18-20(7-6-10-23(18)39-32-30-27(16-37-41-32)42(2)35(46)43(3)34(30)45)21-8-5-9-22(31(21)36)26-15-19-11-12-25(29(19)33(40-26)47-4)38-24-13-14-48-17-28(24)44/h5-10,15-16,24-25,28,38,44H,11-14,17H2,1-4H3,(H,39,41)/t24-,25-,28+/m0/s1. The number of aromatic nitrogens is 5. The molecule has 12 nitrogen and oxygen atoms in total. The van der Waals surface area contributed by atoms with E-state index in [-0.39, 0.29) is 23.3 Å². The molecule has 1 fully saturated rings. The number of aliphatic hydroxyl groups is 1. The van der Waals surface area contributed by atoms with Gasteiger partial charge in [-0.1, -0.05) is 41.9 Å². The summed E-state index contributed by atoms with van der Waals surface area (Å²) >= 11 is 7.18. The summed E-state index contributed by atoms with van der Waals surface area (Å²) in [6.07, 6.45) is 3.32. The fourth-order valence-electron chi connectivity index (χ4n) is 6.88. The number of rotatable bonds is 7. The quantitative estimate of drug-likeness (QED) is 0.231. The minimum absolute atomic E-state index is 0.0189. The third-order valence-corrected chi connectivity index (χ3v) is 9.94. The summed E-state index contributed by atoms with van der Waals surface area (Å²) in [5, 5.41) is 26.4. The first-order valence-electron chi connectivity index (χ1n) is 15.8. The zero-order chi connectivity index (χ0) is 33.7. The second-order valence-electron chi connectivity index (χ2n) is 12.3. The van der Waals surface area contributed by atoms with Crippen LogP contribution in [-0.4, -0.2) is 61.9 Å². The predicted molar refractivity (Wildman–Crippen MR) is 184 cm³/mol. The van der Waals surface area contributed by atoms with Crippen LogP contribution in [0.5, 0.6) is 5.88 Å². The SMILES string of the molecule is COc1nc(-c2cccc(-c3cccc(Nc4nncc5c4c(=O)n(C)c(=O)n5C)c3C)c2Cl)cc2c1[C@@H](N[C@H]1CCOC[C@H]1O)CC2. The molecule has 0 unspecified atom stereocenters. The molecule has 5 aromatic rings. The number of hydrogen-bond acceptors (Lipinski definition) is 10. The lowest BCUT2D eigenvalue weighted by Crippen LogP contribution is -2.47. The molecular weight excluding hydrogens is 634 g/mol. The number of methoxy groups -OCH3 is 1. The van der Waals surface area contributed by atoms with E-state index >= 15 is 0 Å². The van der Waals surface area contributed by atoms with E-state index in [1.165, 1.54) is 17.8 Å². The maximum Gasteiger partial charge on any atom is 0.330 e. The molecule has 0 amide bonds. The Morgan fingerprint density at radius 2 is 1.83 bits per heavy atom. The van der Waals surface area contributed by atoms with E-state index in [1.807, 2.05) is 43.3 Å². The van der Waals surface area contributed by atoms with Gasteiger partial charge in [-0.05, 0) is 55.0 Å². The lowest BCUT2D eigenvalue weighted by molar-refractivity contribution is -0.0304. The van der Waals surface area contributed by atoms with Crippen LogP contribution in [0.4, 0.5) is 11.5 Å². The first kappa shape index (κ1) is 32.0. The van der Waals surface area contributed by atoms with Gasteiger partial charge < -0.3 is 25.2 Å². The lowest BCUT2D eigenvalue weighted by Gasteiger charge is -2.31. The monoisotopic (exact) mass is 669 g/mol. The molecule has 1 saturated heterocycles. The largest absolute Gasteiger partial charge is 0.481 e. The normalized spacial score (nSPS) is 19.0. The molecule has 0 saturated carbocycles. The maximum atomic E-state index is 13.1. The highest BCUT2D eigenvalue weighted by Gasteiger charge is 2.33. The van der Waals surface area contributed by atoms with Gasteiger partial charge in [-0.2, -0.15) is 5.10 Å². The van der Waals surface area contributed by atoms with Crippen molar-refractivity contribution in [3.8, 4) is 28.3 Å². The number of aryl methyl sites for hydroxylation is 2. The predicted octanol–water partition coefficient (Wildman–Crippen LogP) is 4.20. The van der Waals surface area contributed by atoms with Gasteiger partial charge in [0.05, 0.1) is 42.3 Å². The van der Waals surface area contributed by atoms with Gasteiger partial charge >= 0.3 is 5.69 Å². The highest BCUT2D eigenvalue weighted by Crippen LogP contribution is 2.43. The third kappa shape index (κ3) is 5.44. The Morgan fingerprint density at radius 3 is 2.62 bits per heavy atom. The first-order chi connectivity index (χ1) is 23.2. The van der Waals surface area contributed by atoms with Crippen LogP contribution in [0.15, 0.2) is 58.3 Å². The van der Waals surface area contributed by atoms with E-state index in [9.17, 15) is 14.7 Å². The van der Waals surface area contributed by atoms with Crippen molar-refractivity contribution < 1.29 is 14.6 Å². The van der Waals surface area contributed by atoms with Gasteiger partial charge in [0.25, 0.3) is 5.56 Å². The van der Waals surface area contributed by atoms with Gasteiger partial charge in [-0.3, -0.25) is 13.9 Å². The number of halogens is 1. The number of pyridine rings is 1. The van der Waals surface area contributed by atoms with E-state index in [2.05, 4.69) is 26.9 Å². The smallest absolute Gasteiger partial charge is 0.330 e. The minimum Gasteiger partial charge on any atom is -0.481 e. The van der Waals surface area contributed by atoms with Crippen LogP contribution in [0.2, 0.25) is 5.02 Å². The molecule has 48 heavy (non-hydrogen) atoms. The number of aliphatic hydroxyl groups excluding tert-OH is 1. The van der Waals surface area contributed by atoms with Gasteiger partial charge in [-0.15, -0.1) is 5.10 Å². The van der Waals surface area contributed by atoms with Crippen LogP contribution < -0.4 is 26.6 Å². The van der Waals surface area contributed by atoms with Crippen molar-refractivity contribution in [1.29, 1.82) is 0 Å². The summed E-state index contributed by atoms with van der Waals surface area (Å²) < 4.78 is 13.7. The fourth-order valence-corrected chi connectivity index (χ4v) is 7.21. The van der Waals surface area contributed by atoms with E-state index < -0.39 is 17.4 Å². The second-order valence-corrected chi connectivity index (χ2v) is 12.7. The molecule has 3 aromatic heterocycles. The van der Waals surface area contributed by atoms with E-state index in [0.29, 0.717) is 41.0 Å². The molecule has 0 radical (unpaired) electrons. The molecule has 0 bridgehead atoms. The number of anilines is 2. The summed E-state index contributed by atoms with van der Waals surface area (Å²) in [6, 6.07) is 13.7. The molecule has 4 heterocycles. The molecule has 1 aliphatic carbocycles. The van der Waals surface area contributed by atoms with Gasteiger partial charge in [0.2, 0.25) is 5.88 Å². The number of hydrogen-bond donors (Lipinski definition) is 3. The van der Waals surface area contributed by atoms with E-state index in [4.69, 9.17) is 26.1 Å². The van der Waals surface area contributed by atoms with Crippen molar-refractivity contribution in [3.05, 3.63) is 91.2 Å². The molecule has 7 rings (SSSR count). The highest BCUT2D eigenvalue weighted by atomic mass is 35.5. The Hall–Kier alpha value is -4.62. The topological polar surface area (TPSA) is 145 Å². The molecule has 0 spiro atoms. The van der Waals surface area contributed by atoms with Crippen molar-refractivity contribution in [2.45, 2.75) is 44.4 Å². The van der Waals surface area contributed by atoms with Gasteiger partial charge in [-0.25, -0.2) is 9.78 Å². The number of nitrogens with one attached hydrogen (secondary N) is 2. The molecule has 3 N–H and O–H groups in total. The average Bonchev–Trinajstić information content (AvgIpc) is 3.50. The summed E-state index contributed by atoms with van der Waals surface area (Å²) in [5.41, 5.74) is 6.39. The van der Waals surface area contributed by atoms with Gasteiger partial charge in [0.1, 0.15) is 5.39 Å². The van der Waals surface area contributed by atoms with E-state index in [0.717, 1.165) is 57.2 Å². The van der Waals surface area contributed by atoms with Crippen molar-refractivity contribution in [3.63, 3.8) is 0 Å². The molecule has 248 valence electrons. The molecular formula is C35H36ClN7O5. The minimum atomic E-state index is -0.553. The first-order valence-corrected chi connectivity index (χ1v) is 16.2. The van der Waals surface area contributed by atoms with Gasteiger partial charge in [0, 0.05) is 55.2 Å². The fraction of sp³-hybridized carbons (Fsp3) is 0.343. The van der Waals surface area contributed by atoms with Crippen LogP contribution in [0.25, 0.3) is 33.3 Å². The van der Waals surface area contributed by atoms with Crippen LogP contribution in [-0.2, 0) is 25.3 Å². The third-order valence-electron chi connectivity index (χ3n) is 9.53. The summed E-state index contributed by atoms with van der Waals surface area (Å²) in [5.74, 6) is 0.792. The van der Waals surface area contributed by atoms with Crippen molar-refractivity contribution in [1.82, 2.24) is 29.6 Å². The second kappa shape index (κ2) is 12.8. The van der Waals surface area contributed by atoms with Crippen molar-refractivity contribution in [2.75, 3.05) is 25.6 Å². The number of fused-ring (bicyclic) bond motifs is 2. The highest BCUT2D eigenvalue weighted by molar-refractivity contribution is 6.36. The Kier molecular flexibility index (Phi) is 8.50. The molecule has 2 aliphatic rings. The van der Waals surface area contributed by atoms with Crippen LogP contribution in [0.1, 0.15) is 35.6 Å². The number of benzene rings is 2. The Morgan fingerprint density at radius 1 is 1.06 bits per heavy atom. The van der Waals surface area contributed by atoms with Crippen molar-refractivity contribution >= 4 is 34.0 Å². The Balaban J connectivity index is 1.24. The number of ether oxygens (including phenoxy) is 2. The summed E-state index contributed by atoms with van der Waals surface area (Å²) in [7, 11) is 4.66. The van der Waals surface area contributed by atoms with Crippen LogP contribution in [0, 0.1) is 6.92 Å². The summed E-state index contributed by atoms with van der Waals surface area (Å²) in [6.45, 7) is 2.92. The average molecular weight is 670 g/mol. The zero-order valence-corrected chi connectivity index (χ0v) is 27.8. The lowest BCUT2D eigenvalue weighted by atomic mass is 9.96. The number of nitrogens with zero attached hydrogens (tertiary/aromatic N) is 5. The Labute approximate surface area is 281 Å². The molecule has 13 heteroatoms. The molecule has 2 aromatic carbocycles. The molecule has 1 aliphatic heterocycles. The van der Waals surface area contributed by atoms with E-state index in [1.54, 1.807) is 14.2 Å².